The van der Waals surface area contributed by atoms with Gasteiger partial charge >= 0.3 is 0 Å². The van der Waals surface area contributed by atoms with Crippen LogP contribution in [0.5, 0.6) is 0 Å². The molecule has 0 saturated carbocycles. The van der Waals surface area contributed by atoms with E-state index in [4.69, 9.17) is 4.98 Å². The van der Waals surface area contributed by atoms with Gasteiger partial charge in [-0.25, -0.2) is 4.98 Å². The van der Waals surface area contributed by atoms with Gasteiger partial charge < -0.3 is 5.32 Å². The van der Waals surface area contributed by atoms with E-state index in [9.17, 15) is 4.79 Å². The van der Waals surface area contributed by atoms with Crippen LogP contribution in [0.1, 0.15) is 43.5 Å². The van der Waals surface area contributed by atoms with E-state index in [0.717, 1.165) is 46.4 Å². The van der Waals surface area contributed by atoms with Gasteiger partial charge in [0.2, 0.25) is 5.91 Å². The quantitative estimate of drug-likeness (QED) is 0.724. The number of hydrogen-bond donors (Lipinski definition) is 1. The van der Waals surface area contributed by atoms with Gasteiger partial charge in [-0.1, -0.05) is 32.0 Å². The third-order valence-corrected chi connectivity index (χ3v) is 4.89. The van der Waals surface area contributed by atoms with Crippen LogP contribution in [-0.2, 0) is 4.79 Å². The molecule has 3 aromatic rings. The van der Waals surface area contributed by atoms with Gasteiger partial charge in [0.25, 0.3) is 0 Å². The fraction of sp³-hybridized carbons (Fsp3) is 0.381. The standard InChI is InChI=1S/C21H26N4O/c1-6-16(7-2)21(26)23-19-12-15(5)24-25(19)18-11-14(4)17-10-8-9-13(3)20(17)22-18/h8-12,16H,6-7H2,1-5H3,(H,23,26). The lowest BCUT2D eigenvalue weighted by atomic mass is 10.0. The van der Waals surface area contributed by atoms with Gasteiger partial charge in [-0.2, -0.15) is 9.78 Å². The summed E-state index contributed by atoms with van der Waals surface area (Å²) in [5.41, 5.74) is 4.07. The van der Waals surface area contributed by atoms with Crippen LogP contribution >= 0.6 is 0 Å². The maximum absolute atomic E-state index is 12.5. The van der Waals surface area contributed by atoms with Crippen molar-refractivity contribution in [3.63, 3.8) is 0 Å². The zero-order valence-corrected chi connectivity index (χ0v) is 16.1. The Kier molecular flexibility index (Phi) is 5.07. The average molecular weight is 350 g/mol. The SMILES string of the molecule is CCC(CC)C(=O)Nc1cc(C)nn1-c1cc(C)c2cccc(C)c2n1. The molecular weight excluding hydrogens is 324 g/mol. The van der Waals surface area contributed by atoms with Crippen molar-refractivity contribution in [2.75, 3.05) is 5.32 Å². The zero-order chi connectivity index (χ0) is 18.8. The molecule has 0 aliphatic carbocycles. The van der Waals surface area contributed by atoms with Crippen molar-refractivity contribution in [3.05, 3.63) is 47.2 Å². The van der Waals surface area contributed by atoms with E-state index in [1.807, 2.05) is 39.0 Å². The fourth-order valence-corrected chi connectivity index (χ4v) is 3.30. The Morgan fingerprint density at radius 1 is 1.12 bits per heavy atom. The Morgan fingerprint density at radius 3 is 2.54 bits per heavy atom. The smallest absolute Gasteiger partial charge is 0.228 e. The van der Waals surface area contributed by atoms with Crippen LogP contribution in [0.25, 0.3) is 16.7 Å². The van der Waals surface area contributed by atoms with E-state index in [1.54, 1.807) is 4.68 Å². The van der Waals surface area contributed by atoms with E-state index in [1.165, 1.54) is 0 Å². The number of aryl methyl sites for hydroxylation is 3. The van der Waals surface area contributed by atoms with Crippen molar-refractivity contribution in [2.45, 2.75) is 47.5 Å². The maximum Gasteiger partial charge on any atom is 0.228 e. The van der Waals surface area contributed by atoms with Crippen LogP contribution in [0.15, 0.2) is 30.3 Å². The third-order valence-electron chi connectivity index (χ3n) is 4.89. The molecule has 0 spiro atoms. The highest BCUT2D eigenvalue weighted by Crippen LogP contribution is 2.25. The van der Waals surface area contributed by atoms with Gasteiger partial charge in [0.05, 0.1) is 11.2 Å². The van der Waals surface area contributed by atoms with E-state index in [0.29, 0.717) is 5.82 Å². The number of anilines is 1. The number of nitrogens with zero attached hydrogens (tertiary/aromatic N) is 3. The van der Waals surface area contributed by atoms with E-state index in [2.05, 4.69) is 36.4 Å². The minimum atomic E-state index is 0.00667. The first-order chi connectivity index (χ1) is 12.4. The van der Waals surface area contributed by atoms with E-state index >= 15 is 0 Å². The van der Waals surface area contributed by atoms with Crippen LogP contribution in [-0.4, -0.2) is 20.7 Å². The monoisotopic (exact) mass is 350 g/mol. The van der Waals surface area contributed by atoms with Gasteiger partial charge in [-0.15, -0.1) is 0 Å². The number of pyridine rings is 1. The molecule has 0 atom stereocenters. The molecule has 5 nitrogen and oxygen atoms in total. The molecule has 3 rings (SSSR count). The second-order valence-corrected chi connectivity index (χ2v) is 6.85. The van der Waals surface area contributed by atoms with Crippen LogP contribution < -0.4 is 5.32 Å². The average Bonchev–Trinajstić information content (AvgIpc) is 2.97. The molecular formula is C21H26N4O. The number of benzene rings is 1. The van der Waals surface area contributed by atoms with Crippen LogP contribution in [0.4, 0.5) is 5.82 Å². The molecule has 26 heavy (non-hydrogen) atoms. The Morgan fingerprint density at radius 2 is 1.85 bits per heavy atom. The molecule has 0 saturated heterocycles. The number of rotatable bonds is 5. The number of nitrogens with one attached hydrogen (secondary N) is 1. The molecule has 0 aliphatic heterocycles. The first-order valence-corrected chi connectivity index (χ1v) is 9.19. The highest BCUT2D eigenvalue weighted by atomic mass is 16.2. The summed E-state index contributed by atoms with van der Waals surface area (Å²) in [5.74, 6) is 1.42. The van der Waals surface area contributed by atoms with Crippen LogP contribution in [0, 0.1) is 26.7 Å². The normalized spacial score (nSPS) is 11.3. The highest BCUT2D eigenvalue weighted by molar-refractivity contribution is 5.92. The predicted octanol–water partition coefficient (Wildman–Crippen LogP) is 4.72. The predicted molar refractivity (Wildman–Crippen MR) is 106 cm³/mol. The van der Waals surface area contributed by atoms with E-state index in [-0.39, 0.29) is 11.8 Å². The number of carbonyl (C=O) groups is 1. The number of amides is 1. The van der Waals surface area contributed by atoms with Crippen molar-refractivity contribution in [1.82, 2.24) is 14.8 Å². The van der Waals surface area contributed by atoms with Gasteiger partial charge in [0, 0.05) is 17.4 Å². The van der Waals surface area contributed by atoms with Crippen molar-refractivity contribution >= 4 is 22.6 Å². The van der Waals surface area contributed by atoms with Gasteiger partial charge in [0.15, 0.2) is 5.82 Å². The number of para-hydroxylation sites is 1. The van der Waals surface area contributed by atoms with E-state index < -0.39 is 0 Å². The number of hydrogen-bond acceptors (Lipinski definition) is 3. The third kappa shape index (κ3) is 3.34. The van der Waals surface area contributed by atoms with Gasteiger partial charge in [0.1, 0.15) is 5.82 Å². The first kappa shape index (κ1) is 18.1. The summed E-state index contributed by atoms with van der Waals surface area (Å²) < 4.78 is 1.73. The number of fused-ring (bicyclic) bond motifs is 1. The van der Waals surface area contributed by atoms with Crippen LogP contribution in [0.3, 0.4) is 0 Å². The molecule has 2 heterocycles. The summed E-state index contributed by atoms with van der Waals surface area (Å²) in [4.78, 5) is 17.3. The molecule has 2 aromatic heterocycles. The lowest BCUT2D eigenvalue weighted by Crippen LogP contribution is -2.23. The lowest BCUT2D eigenvalue weighted by molar-refractivity contribution is -0.120. The fourth-order valence-electron chi connectivity index (χ4n) is 3.30. The summed E-state index contributed by atoms with van der Waals surface area (Å²) in [5, 5.41) is 8.74. The summed E-state index contributed by atoms with van der Waals surface area (Å²) in [6.07, 6.45) is 1.64. The topological polar surface area (TPSA) is 59.8 Å². The highest BCUT2D eigenvalue weighted by Gasteiger charge is 2.18. The molecule has 0 fully saturated rings. The molecule has 1 aromatic carbocycles. The Bertz CT molecular complexity index is 954. The minimum Gasteiger partial charge on any atom is -0.310 e. The lowest BCUT2D eigenvalue weighted by Gasteiger charge is -2.14. The molecule has 0 aliphatic rings. The zero-order valence-electron chi connectivity index (χ0n) is 16.1. The maximum atomic E-state index is 12.5. The summed E-state index contributed by atoms with van der Waals surface area (Å²) in [6, 6.07) is 10.1. The molecule has 1 N–H and O–H groups in total. The molecule has 5 heteroatoms. The van der Waals surface area contributed by atoms with Crippen LogP contribution in [0.2, 0.25) is 0 Å². The van der Waals surface area contributed by atoms with Gasteiger partial charge in [-0.05, 0) is 50.8 Å². The summed E-state index contributed by atoms with van der Waals surface area (Å²) in [6.45, 7) is 10.1. The summed E-state index contributed by atoms with van der Waals surface area (Å²) >= 11 is 0. The Hall–Kier alpha value is -2.69. The van der Waals surface area contributed by atoms with Crippen molar-refractivity contribution in [1.29, 1.82) is 0 Å². The second-order valence-electron chi connectivity index (χ2n) is 6.85. The summed E-state index contributed by atoms with van der Waals surface area (Å²) in [7, 11) is 0. The largest absolute Gasteiger partial charge is 0.310 e. The molecule has 0 bridgehead atoms. The van der Waals surface area contributed by atoms with Crippen molar-refractivity contribution in [3.8, 4) is 5.82 Å². The minimum absolute atomic E-state index is 0.00667. The molecule has 0 radical (unpaired) electrons. The number of carbonyl (C=O) groups excluding carboxylic acids is 1. The van der Waals surface area contributed by atoms with Crippen molar-refractivity contribution < 1.29 is 4.79 Å². The van der Waals surface area contributed by atoms with Gasteiger partial charge in [-0.3, -0.25) is 4.79 Å². The Labute approximate surface area is 154 Å². The molecule has 136 valence electrons. The number of aromatic nitrogens is 3. The molecule has 0 unspecified atom stereocenters. The first-order valence-electron chi connectivity index (χ1n) is 9.19. The Balaban J connectivity index is 2.07. The second kappa shape index (κ2) is 7.28. The molecule has 1 amide bonds. The van der Waals surface area contributed by atoms with Crippen molar-refractivity contribution in [2.24, 2.45) is 5.92 Å².